The van der Waals surface area contributed by atoms with E-state index in [4.69, 9.17) is 9.47 Å². The molecule has 0 spiro atoms. The molecule has 2 rings (SSSR count). The topological polar surface area (TPSA) is 123 Å². The highest BCUT2D eigenvalue weighted by Gasteiger charge is 2.29. The van der Waals surface area contributed by atoms with E-state index in [2.05, 4.69) is 15.4 Å². The first kappa shape index (κ1) is 24.7. The molecule has 2 aromatic rings. The van der Waals surface area contributed by atoms with E-state index in [0.717, 1.165) is 18.2 Å². The Bertz CT molecular complexity index is 846. The van der Waals surface area contributed by atoms with Crippen LogP contribution in [0.1, 0.15) is 24.0 Å². The lowest BCUT2D eigenvalue weighted by atomic mass is 10.1. The van der Waals surface area contributed by atoms with Crippen molar-refractivity contribution in [2.45, 2.75) is 38.2 Å². The van der Waals surface area contributed by atoms with Crippen molar-refractivity contribution in [3.8, 4) is 0 Å². The van der Waals surface area contributed by atoms with Gasteiger partial charge in [0.25, 0.3) is 0 Å². The Morgan fingerprint density at radius 2 is 1.41 bits per heavy atom. The van der Waals surface area contributed by atoms with Crippen LogP contribution in [0.25, 0.3) is 0 Å². The number of benzene rings is 2. The Kier molecular flexibility index (Phi) is 10.5. The third-order valence-corrected chi connectivity index (χ3v) is 4.48. The van der Waals surface area contributed by atoms with Crippen LogP contribution in [0.5, 0.6) is 0 Å². The van der Waals surface area contributed by atoms with Crippen LogP contribution < -0.4 is 10.6 Å². The second kappa shape index (κ2) is 13.7. The maximum absolute atomic E-state index is 12.0. The molecule has 0 saturated heterocycles. The number of amides is 2. The smallest absolute Gasteiger partial charge is 0.408 e. The molecule has 2 atom stereocenters. The number of nitrogens with one attached hydrogen (secondary N) is 2. The fourth-order valence-corrected chi connectivity index (χ4v) is 2.77. The first-order valence-corrected chi connectivity index (χ1v) is 10.2. The average molecular weight is 444 g/mol. The van der Waals surface area contributed by atoms with Crippen LogP contribution in [-0.4, -0.2) is 49.1 Å². The van der Waals surface area contributed by atoms with Crippen molar-refractivity contribution in [1.82, 2.24) is 10.6 Å². The van der Waals surface area contributed by atoms with Crippen molar-refractivity contribution in [3.63, 3.8) is 0 Å². The predicted molar refractivity (Wildman–Crippen MR) is 115 cm³/mol. The molecule has 0 aliphatic carbocycles. The molecule has 9 heteroatoms. The number of aliphatic hydroxyl groups is 1. The SMILES string of the molecule is COC(=O)C(NC(=O)OCc1ccccc1)C(O)CCCNC(=O)OCc1ccccc1. The van der Waals surface area contributed by atoms with Crippen LogP contribution in [0, 0.1) is 0 Å². The number of rotatable bonds is 11. The fourth-order valence-electron chi connectivity index (χ4n) is 2.77. The second-order valence-electron chi connectivity index (χ2n) is 6.90. The number of carbonyl (C=O) groups is 3. The Labute approximate surface area is 186 Å². The minimum Gasteiger partial charge on any atom is -0.467 e. The number of hydrogen-bond donors (Lipinski definition) is 3. The van der Waals surface area contributed by atoms with E-state index >= 15 is 0 Å². The lowest BCUT2D eigenvalue weighted by Crippen LogP contribution is -2.49. The van der Waals surface area contributed by atoms with Crippen molar-refractivity contribution in [3.05, 3.63) is 71.8 Å². The van der Waals surface area contributed by atoms with Crippen molar-refractivity contribution in [1.29, 1.82) is 0 Å². The first-order chi connectivity index (χ1) is 15.5. The van der Waals surface area contributed by atoms with E-state index in [1.807, 2.05) is 48.5 Å². The molecule has 0 bridgehead atoms. The van der Waals surface area contributed by atoms with Gasteiger partial charge in [0.2, 0.25) is 0 Å². The molecule has 9 nitrogen and oxygen atoms in total. The van der Waals surface area contributed by atoms with E-state index < -0.39 is 30.3 Å². The summed E-state index contributed by atoms with van der Waals surface area (Å²) >= 11 is 0. The molecule has 0 saturated carbocycles. The van der Waals surface area contributed by atoms with Gasteiger partial charge in [-0.2, -0.15) is 0 Å². The molecule has 0 aliphatic heterocycles. The van der Waals surface area contributed by atoms with Crippen molar-refractivity contribution in [2.75, 3.05) is 13.7 Å². The molecule has 3 N–H and O–H groups in total. The number of methoxy groups -OCH3 is 1. The average Bonchev–Trinajstić information content (AvgIpc) is 2.83. The minimum absolute atomic E-state index is 0.0195. The minimum atomic E-state index is -1.30. The number of esters is 1. The van der Waals surface area contributed by atoms with Crippen LogP contribution >= 0.6 is 0 Å². The molecular weight excluding hydrogens is 416 g/mol. The highest BCUT2D eigenvalue weighted by Crippen LogP contribution is 2.07. The summed E-state index contributed by atoms with van der Waals surface area (Å²) in [5.74, 6) is -0.801. The fraction of sp³-hybridized carbons (Fsp3) is 0.348. The number of alkyl carbamates (subject to hydrolysis) is 2. The Hall–Kier alpha value is -3.59. The normalized spacial score (nSPS) is 12.2. The molecule has 2 amide bonds. The zero-order valence-electron chi connectivity index (χ0n) is 17.9. The zero-order chi connectivity index (χ0) is 23.2. The molecule has 0 radical (unpaired) electrons. The first-order valence-electron chi connectivity index (χ1n) is 10.2. The van der Waals surface area contributed by atoms with Gasteiger partial charge in [0.1, 0.15) is 13.2 Å². The maximum Gasteiger partial charge on any atom is 0.408 e. The summed E-state index contributed by atoms with van der Waals surface area (Å²) < 4.78 is 14.8. The molecule has 0 fully saturated rings. The lowest BCUT2D eigenvalue weighted by molar-refractivity contribution is -0.146. The summed E-state index contributed by atoms with van der Waals surface area (Å²) in [5.41, 5.74) is 1.65. The summed E-state index contributed by atoms with van der Waals surface area (Å²) in [6, 6.07) is 17.0. The van der Waals surface area contributed by atoms with Gasteiger partial charge in [-0.05, 0) is 24.0 Å². The van der Waals surface area contributed by atoms with E-state index in [1.54, 1.807) is 12.1 Å². The van der Waals surface area contributed by atoms with Gasteiger partial charge in [0.05, 0.1) is 13.2 Å². The quantitative estimate of drug-likeness (QED) is 0.276. The highest BCUT2D eigenvalue weighted by atomic mass is 16.6. The van der Waals surface area contributed by atoms with Crippen LogP contribution in [0.4, 0.5) is 9.59 Å². The summed E-state index contributed by atoms with van der Waals surface area (Å²) in [7, 11) is 1.16. The number of aliphatic hydroxyl groups excluding tert-OH is 1. The zero-order valence-corrected chi connectivity index (χ0v) is 17.9. The molecule has 32 heavy (non-hydrogen) atoms. The van der Waals surface area contributed by atoms with Crippen LogP contribution in [0.3, 0.4) is 0 Å². The van der Waals surface area contributed by atoms with Gasteiger partial charge in [-0.1, -0.05) is 60.7 Å². The molecular formula is C23H28N2O7. The molecule has 0 aromatic heterocycles. The predicted octanol–water partition coefficient (Wildman–Crippen LogP) is 2.52. The van der Waals surface area contributed by atoms with Crippen molar-refractivity contribution < 1.29 is 33.7 Å². The van der Waals surface area contributed by atoms with E-state index in [9.17, 15) is 19.5 Å². The van der Waals surface area contributed by atoms with Gasteiger partial charge in [0.15, 0.2) is 6.04 Å². The van der Waals surface area contributed by atoms with Crippen molar-refractivity contribution >= 4 is 18.2 Å². The Morgan fingerprint density at radius 3 is 1.94 bits per heavy atom. The molecule has 2 aromatic carbocycles. The Morgan fingerprint density at radius 1 is 0.875 bits per heavy atom. The van der Waals surface area contributed by atoms with Crippen LogP contribution in [0.2, 0.25) is 0 Å². The molecule has 2 unspecified atom stereocenters. The second-order valence-corrected chi connectivity index (χ2v) is 6.90. The monoisotopic (exact) mass is 444 g/mol. The van der Waals surface area contributed by atoms with Gasteiger partial charge in [0, 0.05) is 6.54 Å². The van der Waals surface area contributed by atoms with E-state index in [0.29, 0.717) is 6.42 Å². The molecule has 172 valence electrons. The third-order valence-electron chi connectivity index (χ3n) is 4.48. The standard InChI is InChI=1S/C23H28N2O7/c1-30-21(27)20(25-23(29)32-16-18-11-6-3-7-12-18)19(26)13-8-14-24-22(28)31-15-17-9-4-2-5-10-17/h2-7,9-12,19-20,26H,8,13-16H2,1H3,(H,24,28)(H,25,29). The summed E-state index contributed by atoms with van der Waals surface area (Å²) in [6.07, 6.45) is -2.21. The molecule has 0 heterocycles. The highest BCUT2D eigenvalue weighted by molar-refractivity contribution is 5.81. The van der Waals surface area contributed by atoms with Gasteiger partial charge in [-0.25, -0.2) is 14.4 Å². The maximum atomic E-state index is 12.0. The third kappa shape index (κ3) is 9.05. The summed E-state index contributed by atoms with van der Waals surface area (Å²) in [4.78, 5) is 35.8. The van der Waals surface area contributed by atoms with Gasteiger partial charge < -0.3 is 30.0 Å². The van der Waals surface area contributed by atoms with Crippen LogP contribution in [-0.2, 0) is 32.2 Å². The van der Waals surface area contributed by atoms with E-state index in [-0.39, 0.29) is 26.2 Å². The number of ether oxygens (including phenoxy) is 3. The van der Waals surface area contributed by atoms with E-state index in [1.165, 1.54) is 0 Å². The number of carbonyl (C=O) groups excluding carboxylic acids is 3. The lowest BCUT2D eigenvalue weighted by Gasteiger charge is -2.21. The Balaban J connectivity index is 1.70. The molecule has 0 aliphatic rings. The summed E-state index contributed by atoms with van der Waals surface area (Å²) in [5, 5.41) is 15.2. The largest absolute Gasteiger partial charge is 0.467 e. The number of hydrogen-bond acceptors (Lipinski definition) is 7. The van der Waals surface area contributed by atoms with Crippen LogP contribution in [0.15, 0.2) is 60.7 Å². The van der Waals surface area contributed by atoms with Gasteiger partial charge in [-0.15, -0.1) is 0 Å². The van der Waals surface area contributed by atoms with Crippen molar-refractivity contribution in [2.24, 2.45) is 0 Å². The summed E-state index contributed by atoms with van der Waals surface area (Å²) in [6.45, 7) is 0.386. The van der Waals surface area contributed by atoms with Gasteiger partial charge in [-0.3, -0.25) is 0 Å². The van der Waals surface area contributed by atoms with Gasteiger partial charge >= 0.3 is 18.2 Å².